The Morgan fingerprint density at radius 2 is 1.55 bits per heavy atom. The summed E-state index contributed by atoms with van der Waals surface area (Å²) in [5.41, 5.74) is 3.69. The van der Waals surface area contributed by atoms with E-state index in [9.17, 15) is 0 Å². The largest absolute Gasteiger partial charge is 0.0654 e. The molecule has 0 atom stereocenters. The summed E-state index contributed by atoms with van der Waals surface area (Å²) in [6, 6.07) is 9.43. The fourth-order valence-electron chi connectivity index (χ4n) is 4.08. The minimum absolute atomic E-state index is 0.631. The van der Waals surface area contributed by atoms with Crippen molar-refractivity contribution in [1.82, 2.24) is 0 Å². The Balaban J connectivity index is 1.76. The molecule has 1 fully saturated rings. The van der Waals surface area contributed by atoms with E-state index < -0.39 is 0 Å². The van der Waals surface area contributed by atoms with Gasteiger partial charge < -0.3 is 0 Å². The Hall–Kier alpha value is -0.780. The molecule has 0 spiro atoms. The Morgan fingerprint density at radius 3 is 2.14 bits per heavy atom. The summed E-state index contributed by atoms with van der Waals surface area (Å²) in [5.74, 6) is 0.819. The molecule has 1 saturated carbocycles. The fraction of sp³-hybridized carbons (Fsp3) is 0.727. The third-order valence-corrected chi connectivity index (χ3v) is 5.94. The van der Waals surface area contributed by atoms with Crippen molar-refractivity contribution in [1.29, 1.82) is 0 Å². The summed E-state index contributed by atoms with van der Waals surface area (Å²) >= 11 is 0. The third-order valence-electron chi connectivity index (χ3n) is 5.94. The van der Waals surface area contributed by atoms with Crippen molar-refractivity contribution in [3.8, 4) is 0 Å². The first-order valence-corrected chi connectivity index (χ1v) is 9.75. The highest BCUT2D eigenvalue weighted by molar-refractivity contribution is 5.25. The van der Waals surface area contributed by atoms with E-state index >= 15 is 0 Å². The van der Waals surface area contributed by atoms with Crippen LogP contribution in [0.3, 0.4) is 0 Å². The van der Waals surface area contributed by atoms with Crippen LogP contribution in [-0.4, -0.2) is 0 Å². The number of unbranched alkanes of at least 4 members (excludes halogenated alkanes) is 4. The molecule has 22 heavy (non-hydrogen) atoms. The summed E-state index contributed by atoms with van der Waals surface area (Å²) in [6.07, 6.45) is 15.4. The van der Waals surface area contributed by atoms with E-state index in [1.54, 1.807) is 5.56 Å². The first kappa shape index (κ1) is 17.6. The number of benzene rings is 1. The van der Waals surface area contributed by atoms with Crippen molar-refractivity contribution in [2.24, 2.45) is 5.41 Å². The molecule has 0 aliphatic heterocycles. The van der Waals surface area contributed by atoms with E-state index in [0.717, 1.165) is 12.3 Å². The van der Waals surface area contributed by atoms with Gasteiger partial charge in [-0.1, -0.05) is 77.1 Å². The summed E-state index contributed by atoms with van der Waals surface area (Å²) < 4.78 is 0. The van der Waals surface area contributed by atoms with Crippen LogP contribution in [-0.2, 0) is 6.42 Å². The lowest BCUT2D eigenvalue weighted by atomic mass is 9.68. The molecule has 0 heterocycles. The predicted molar refractivity (Wildman–Crippen MR) is 98.5 cm³/mol. The first-order valence-electron chi connectivity index (χ1n) is 9.75. The van der Waals surface area contributed by atoms with Gasteiger partial charge in [0.25, 0.3) is 0 Å². The summed E-state index contributed by atoms with van der Waals surface area (Å²) in [7, 11) is 0. The van der Waals surface area contributed by atoms with E-state index in [4.69, 9.17) is 0 Å². The van der Waals surface area contributed by atoms with Gasteiger partial charge in [0.05, 0.1) is 0 Å². The summed E-state index contributed by atoms with van der Waals surface area (Å²) in [4.78, 5) is 0. The Bertz CT molecular complexity index is 406. The fourth-order valence-corrected chi connectivity index (χ4v) is 4.08. The molecule has 1 aliphatic rings. The van der Waals surface area contributed by atoms with Gasteiger partial charge in [0.1, 0.15) is 0 Å². The topological polar surface area (TPSA) is 0 Å². The highest BCUT2D eigenvalue weighted by Crippen LogP contribution is 2.45. The minimum atomic E-state index is 0.631. The number of hydrogen-bond acceptors (Lipinski definition) is 0. The van der Waals surface area contributed by atoms with Crippen molar-refractivity contribution in [3.05, 3.63) is 35.4 Å². The van der Waals surface area contributed by atoms with Crippen molar-refractivity contribution in [3.63, 3.8) is 0 Å². The van der Waals surface area contributed by atoms with Gasteiger partial charge in [0.2, 0.25) is 0 Å². The zero-order valence-electron chi connectivity index (χ0n) is 15.2. The smallest absolute Gasteiger partial charge is 0.0162 e. The molecule has 0 N–H and O–H groups in total. The molecule has 0 unspecified atom stereocenters. The molecule has 124 valence electrons. The van der Waals surface area contributed by atoms with Crippen LogP contribution in [0.15, 0.2) is 24.3 Å². The van der Waals surface area contributed by atoms with Gasteiger partial charge >= 0.3 is 0 Å². The van der Waals surface area contributed by atoms with E-state index in [2.05, 4.69) is 45.0 Å². The first-order chi connectivity index (χ1) is 10.7. The van der Waals surface area contributed by atoms with Gasteiger partial charge in [-0.05, 0) is 61.0 Å². The average molecular weight is 301 g/mol. The van der Waals surface area contributed by atoms with Gasteiger partial charge in [-0.25, -0.2) is 0 Å². The predicted octanol–water partition coefficient (Wildman–Crippen LogP) is 7.27. The quantitative estimate of drug-likeness (QED) is 0.443. The van der Waals surface area contributed by atoms with Gasteiger partial charge in [-0.15, -0.1) is 0 Å². The second-order valence-electron chi connectivity index (χ2n) is 7.84. The zero-order valence-corrected chi connectivity index (χ0v) is 15.2. The molecule has 1 aromatic rings. The van der Waals surface area contributed by atoms with Gasteiger partial charge in [0.15, 0.2) is 0 Å². The molecule has 1 aromatic carbocycles. The van der Waals surface area contributed by atoms with E-state index in [-0.39, 0.29) is 0 Å². The molecule has 0 bridgehead atoms. The Labute approximate surface area is 138 Å². The monoisotopic (exact) mass is 300 g/mol. The molecule has 0 heteroatoms. The molecular weight excluding hydrogens is 264 g/mol. The van der Waals surface area contributed by atoms with Gasteiger partial charge in [0, 0.05) is 0 Å². The normalized spacial score (nSPS) is 25.3. The molecule has 0 aromatic heterocycles. The van der Waals surface area contributed by atoms with Crippen molar-refractivity contribution in [2.75, 3.05) is 0 Å². The van der Waals surface area contributed by atoms with Gasteiger partial charge in [-0.3, -0.25) is 0 Å². The van der Waals surface area contributed by atoms with Crippen LogP contribution in [0, 0.1) is 5.41 Å². The van der Waals surface area contributed by atoms with Crippen LogP contribution in [0.5, 0.6) is 0 Å². The maximum absolute atomic E-state index is 2.54. The lowest BCUT2D eigenvalue weighted by molar-refractivity contribution is 0.177. The SMILES string of the molecule is CCCCCCCC1(C)CCC(c2ccc(CC)cc2)CC1. The van der Waals surface area contributed by atoms with Crippen LogP contribution < -0.4 is 0 Å². The standard InChI is InChI=1S/C22H36/c1-4-6-7-8-9-16-22(3)17-14-21(15-18-22)20-12-10-19(5-2)11-13-20/h10-13,21H,4-9,14-18H2,1-3H3. The van der Waals surface area contributed by atoms with Crippen molar-refractivity contribution >= 4 is 0 Å². The van der Waals surface area contributed by atoms with Crippen molar-refractivity contribution in [2.45, 2.75) is 97.3 Å². The van der Waals surface area contributed by atoms with E-state index in [0.29, 0.717) is 5.41 Å². The molecular formula is C22H36. The molecule has 0 saturated heterocycles. The average Bonchev–Trinajstić information content (AvgIpc) is 2.55. The number of aryl methyl sites for hydroxylation is 1. The van der Waals surface area contributed by atoms with Crippen LogP contribution in [0.4, 0.5) is 0 Å². The number of rotatable bonds is 8. The summed E-state index contributed by atoms with van der Waals surface area (Å²) in [5, 5.41) is 0. The molecule has 0 amide bonds. The highest BCUT2D eigenvalue weighted by Gasteiger charge is 2.30. The lowest BCUT2D eigenvalue weighted by Gasteiger charge is -2.38. The Morgan fingerprint density at radius 1 is 0.909 bits per heavy atom. The Kier molecular flexibility index (Phi) is 6.99. The molecule has 0 radical (unpaired) electrons. The zero-order chi connectivity index (χ0) is 15.8. The van der Waals surface area contributed by atoms with Crippen molar-refractivity contribution < 1.29 is 0 Å². The maximum Gasteiger partial charge on any atom is -0.0162 e. The molecule has 0 nitrogen and oxygen atoms in total. The molecule has 2 rings (SSSR count). The maximum atomic E-state index is 2.54. The minimum Gasteiger partial charge on any atom is -0.0654 e. The summed E-state index contributed by atoms with van der Waals surface area (Å²) in [6.45, 7) is 7.08. The third kappa shape index (κ3) is 5.14. The van der Waals surface area contributed by atoms with E-state index in [1.807, 2.05) is 0 Å². The number of hydrogen-bond donors (Lipinski definition) is 0. The van der Waals surface area contributed by atoms with Crippen LogP contribution >= 0.6 is 0 Å². The van der Waals surface area contributed by atoms with E-state index in [1.165, 1.54) is 69.8 Å². The van der Waals surface area contributed by atoms with Crippen LogP contribution in [0.2, 0.25) is 0 Å². The second-order valence-corrected chi connectivity index (χ2v) is 7.84. The van der Waals surface area contributed by atoms with Crippen LogP contribution in [0.25, 0.3) is 0 Å². The van der Waals surface area contributed by atoms with Crippen LogP contribution in [0.1, 0.15) is 102 Å². The molecule has 1 aliphatic carbocycles. The highest BCUT2D eigenvalue weighted by atomic mass is 14.4. The lowest BCUT2D eigenvalue weighted by Crippen LogP contribution is -2.23. The van der Waals surface area contributed by atoms with Gasteiger partial charge in [-0.2, -0.15) is 0 Å². The second kappa shape index (κ2) is 8.75.